The Hall–Kier alpha value is -2.47. The number of methoxy groups -OCH3 is 1. The Morgan fingerprint density at radius 3 is 2.50 bits per heavy atom. The normalized spacial score (nSPS) is 17.9. The van der Waals surface area contributed by atoms with Crippen LogP contribution in [0.5, 0.6) is 0 Å². The van der Waals surface area contributed by atoms with Crippen molar-refractivity contribution in [3.8, 4) is 0 Å². The standard InChI is InChI=1S/C26H37FN2O3/c1-25(2,3)32-23(24(30)31-7)22-18(14-27)8-9-20(19(15-28)16-29-6)21(22)17-10-12-26(4,5)13-11-17/h8-10,15-16,23H,11-14,28H2,1-7H3. The van der Waals surface area contributed by atoms with Crippen LogP contribution in [0.3, 0.4) is 0 Å². The molecule has 0 spiro atoms. The molecular weight excluding hydrogens is 407 g/mol. The summed E-state index contributed by atoms with van der Waals surface area (Å²) in [4.78, 5) is 17.0. The minimum atomic E-state index is -1.07. The summed E-state index contributed by atoms with van der Waals surface area (Å²) in [7, 11) is 2.99. The maximum absolute atomic E-state index is 14.3. The average Bonchev–Trinajstić information content (AvgIpc) is 2.74. The van der Waals surface area contributed by atoms with Crippen LogP contribution in [-0.4, -0.2) is 31.9 Å². The van der Waals surface area contributed by atoms with Crippen molar-refractivity contribution in [1.82, 2.24) is 0 Å². The zero-order valence-electron chi connectivity index (χ0n) is 20.4. The van der Waals surface area contributed by atoms with E-state index in [0.29, 0.717) is 16.7 Å². The van der Waals surface area contributed by atoms with Gasteiger partial charge in [-0.3, -0.25) is 4.99 Å². The first kappa shape index (κ1) is 25.8. The zero-order chi connectivity index (χ0) is 24.1. The van der Waals surface area contributed by atoms with E-state index in [2.05, 4.69) is 24.9 Å². The highest BCUT2D eigenvalue weighted by Gasteiger charge is 2.35. The molecule has 6 heteroatoms. The van der Waals surface area contributed by atoms with Crippen molar-refractivity contribution >= 4 is 23.3 Å². The van der Waals surface area contributed by atoms with Gasteiger partial charge in [-0.05, 0) is 67.7 Å². The summed E-state index contributed by atoms with van der Waals surface area (Å²) in [5.41, 5.74) is 9.71. The number of hydrogen-bond donors (Lipinski definition) is 1. The Morgan fingerprint density at radius 2 is 2.03 bits per heavy atom. The van der Waals surface area contributed by atoms with Gasteiger partial charge in [0.1, 0.15) is 6.67 Å². The van der Waals surface area contributed by atoms with E-state index in [0.717, 1.165) is 36.0 Å². The van der Waals surface area contributed by atoms with Gasteiger partial charge in [-0.2, -0.15) is 0 Å². The number of alkyl halides is 1. The third kappa shape index (κ3) is 6.06. The number of benzene rings is 1. The number of nitrogens with two attached hydrogens (primary N) is 1. The van der Waals surface area contributed by atoms with Gasteiger partial charge in [-0.25, -0.2) is 9.18 Å². The van der Waals surface area contributed by atoms with E-state index in [-0.39, 0.29) is 5.41 Å². The Balaban J connectivity index is 2.91. The first-order chi connectivity index (χ1) is 15.0. The van der Waals surface area contributed by atoms with Gasteiger partial charge < -0.3 is 15.2 Å². The Morgan fingerprint density at radius 1 is 1.34 bits per heavy atom. The van der Waals surface area contributed by atoms with Crippen molar-refractivity contribution in [2.45, 2.75) is 72.3 Å². The minimum absolute atomic E-state index is 0.183. The van der Waals surface area contributed by atoms with Crippen molar-refractivity contribution in [3.63, 3.8) is 0 Å². The van der Waals surface area contributed by atoms with E-state index in [1.807, 2.05) is 26.8 Å². The molecule has 0 heterocycles. The monoisotopic (exact) mass is 444 g/mol. The molecule has 1 aliphatic carbocycles. The summed E-state index contributed by atoms with van der Waals surface area (Å²) in [5.74, 6) is -0.563. The van der Waals surface area contributed by atoms with Crippen LogP contribution in [0.1, 0.15) is 82.2 Å². The maximum Gasteiger partial charge on any atom is 0.339 e. The first-order valence-corrected chi connectivity index (χ1v) is 11.0. The lowest BCUT2D eigenvalue weighted by Crippen LogP contribution is -2.30. The van der Waals surface area contributed by atoms with Crippen molar-refractivity contribution in [2.24, 2.45) is 16.1 Å². The molecule has 1 aromatic rings. The van der Waals surface area contributed by atoms with E-state index in [9.17, 15) is 9.18 Å². The molecule has 0 bridgehead atoms. The van der Waals surface area contributed by atoms with Crippen molar-refractivity contribution in [2.75, 3.05) is 14.2 Å². The van der Waals surface area contributed by atoms with Crippen LogP contribution >= 0.6 is 0 Å². The smallest absolute Gasteiger partial charge is 0.339 e. The summed E-state index contributed by atoms with van der Waals surface area (Å²) in [6.45, 7) is 9.31. The molecule has 2 N–H and O–H groups in total. The summed E-state index contributed by atoms with van der Waals surface area (Å²) in [6.07, 6.45) is 6.93. The number of carbonyl (C=O) groups is 1. The van der Waals surface area contributed by atoms with Crippen LogP contribution in [0.25, 0.3) is 11.1 Å². The van der Waals surface area contributed by atoms with E-state index in [4.69, 9.17) is 15.2 Å². The SMILES string of the molecule is CN=CC(=CN)c1ccc(CF)c(C(OC(C)(C)C)C(=O)OC)c1C1=CCC(C)(C)CC1. The zero-order valence-corrected chi connectivity index (χ0v) is 20.4. The van der Waals surface area contributed by atoms with Crippen molar-refractivity contribution in [3.05, 3.63) is 46.7 Å². The highest BCUT2D eigenvalue weighted by atomic mass is 19.1. The molecule has 176 valence electrons. The minimum Gasteiger partial charge on any atom is -0.467 e. The van der Waals surface area contributed by atoms with Gasteiger partial charge in [-0.15, -0.1) is 0 Å². The van der Waals surface area contributed by atoms with E-state index >= 15 is 0 Å². The van der Waals surface area contributed by atoms with Gasteiger partial charge in [0.25, 0.3) is 0 Å². The fourth-order valence-corrected chi connectivity index (χ4v) is 4.00. The number of hydrogen-bond acceptors (Lipinski definition) is 5. The highest BCUT2D eigenvalue weighted by molar-refractivity contribution is 6.11. The largest absolute Gasteiger partial charge is 0.467 e. The van der Waals surface area contributed by atoms with Gasteiger partial charge >= 0.3 is 5.97 Å². The van der Waals surface area contributed by atoms with Crippen LogP contribution in [0, 0.1) is 5.41 Å². The van der Waals surface area contributed by atoms with Gasteiger partial charge in [0.05, 0.1) is 12.7 Å². The van der Waals surface area contributed by atoms with Crippen molar-refractivity contribution < 1.29 is 18.7 Å². The van der Waals surface area contributed by atoms with Crippen LogP contribution in [0.2, 0.25) is 0 Å². The lowest BCUT2D eigenvalue weighted by molar-refractivity contribution is -0.164. The molecule has 2 rings (SSSR count). The lowest BCUT2D eigenvalue weighted by atomic mass is 9.74. The number of rotatable bonds is 7. The number of carbonyl (C=O) groups excluding carboxylic acids is 1. The van der Waals surface area contributed by atoms with Gasteiger partial charge in [0.2, 0.25) is 0 Å². The van der Waals surface area contributed by atoms with Gasteiger partial charge in [0, 0.05) is 30.6 Å². The topological polar surface area (TPSA) is 73.9 Å². The summed E-state index contributed by atoms with van der Waals surface area (Å²) >= 11 is 0. The summed E-state index contributed by atoms with van der Waals surface area (Å²) in [6, 6.07) is 3.54. The number of aliphatic imine (C=N–C) groups is 1. The number of ether oxygens (including phenoxy) is 2. The molecule has 1 aromatic carbocycles. The van der Waals surface area contributed by atoms with Crippen LogP contribution in [0.4, 0.5) is 4.39 Å². The number of halogens is 1. The van der Waals surface area contributed by atoms with Gasteiger partial charge in [-0.1, -0.05) is 32.1 Å². The number of allylic oxidation sites excluding steroid dienone is 3. The Kier molecular flexibility index (Phi) is 8.41. The van der Waals surface area contributed by atoms with Crippen molar-refractivity contribution in [1.29, 1.82) is 0 Å². The molecule has 0 radical (unpaired) electrons. The Bertz CT molecular complexity index is 924. The molecule has 0 aromatic heterocycles. The first-order valence-electron chi connectivity index (χ1n) is 11.0. The summed E-state index contributed by atoms with van der Waals surface area (Å²) < 4.78 is 25.5. The average molecular weight is 445 g/mol. The molecule has 0 amide bonds. The molecule has 1 unspecified atom stereocenters. The van der Waals surface area contributed by atoms with E-state index in [1.165, 1.54) is 13.3 Å². The molecular formula is C26H37FN2O3. The van der Waals surface area contributed by atoms with Crippen LogP contribution in [-0.2, 0) is 20.9 Å². The third-order valence-corrected chi connectivity index (χ3v) is 5.68. The number of esters is 1. The van der Waals surface area contributed by atoms with E-state index < -0.39 is 24.3 Å². The van der Waals surface area contributed by atoms with Crippen LogP contribution < -0.4 is 5.73 Å². The second-order valence-electron chi connectivity index (χ2n) is 9.93. The predicted octanol–water partition coefficient (Wildman–Crippen LogP) is 5.78. The number of nitrogens with zero attached hydrogens (tertiary/aromatic N) is 1. The second-order valence-corrected chi connectivity index (χ2v) is 9.93. The highest BCUT2D eigenvalue weighted by Crippen LogP contribution is 2.44. The van der Waals surface area contributed by atoms with Gasteiger partial charge in [0.15, 0.2) is 6.10 Å². The van der Waals surface area contributed by atoms with E-state index in [1.54, 1.807) is 19.3 Å². The molecule has 1 aliphatic rings. The second kappa shape index (κ2) is 10.4. The maximum atomic E-state index is 14.3. The molecule has 0 saturated heterocycles. The van der Waals surface area contributed by atoms with Crippen LogP contribution in [0.15, 0.2) is 29.4 Å². The molecule has 0 saturated carbocycles. The lowest BCUT2D eigenvalue weighted by Gasteiger charge is -2.33. The fraction of sp³-hybridized carbons (Fsp3) is 0.538. The molecule has 0 aliphatic heterocycles. The third-order valence-electron chi connectivity index (χ3n) is 5.68. The molecule has 0 fully saturated rings. The predicted molar refractivity (Wildman–Crippen MR) is 129 cm³/mol. The fourth-order valence-electron chi connectivity index (χ4n) is 4.00. The quantitative estimate of drug-likeness (QED) is 0.427. The molecule has 32 heavy (non-hydrogen) atoms. The molecule has 5 nitrogen and oxygen atoms in total. The Labute approximate surface area is 191 Å². The molecule has 1 atom stereocenters. The summed E-state index contributed by atoms with van der Waals surface area (Å²) in [5, 5.41) is 0.